The third kappa shape index (κ3) is 5.95. The zero-order valence-corrected chi connectivity index (χ0v) is 20.6. The summed E-state index contributed by atoms with van der Waals surface area (Å²) in [4.78, 5) is 18.0. The van der Waals surface area contributed by atoms with Crippen LogP contribution in [0.1, 0.15) is 62.3 Å². The van der Waals surface area contributed by atoms with Gasteiger partial charge in [0.15, 0.2) is 0 Å². The molecule has 0 spiro atoms. The first-order valence-electron chi connectivity index (χ1n) is 10.5. The fourth-order valence-corrected chi connectivity index (χ4v) is 4.51. The number of hydrogen-bond donors (Lipinski definition) is 1. The van der Waals surface area contributed by atoms with Crippen LogP contribution in [0.25, 0.3) is 0 Å². The number of primary amides is 1. The van der Waals surface area contributed by atoms with Crippen LogP contribution in [0.4, 0.5) is 5.69 Å². The molecule has 1 aromatic heterocycles. The second-order valence-electron chi connectivity index (χ2n) is 9.50. The minimum Gasteiger partial charge on any atom is -0.410 e. The third-order valence-corrected chi connectivity index (χ3v) is 6.53. The summed E-state index contributed by atoms with van der Waals surface area (Å²) in [6.45, 7) is 13.3. The first-order valence-corrected chi connectivity index (χ1v) is 12.9. The van der Waals surface area contributed by atoms with Crippen LogP contribution in [0, 0.1) is 11.3 Å². The van der Waals surface area contributed by atoms with Crippen LogP contribution in [0.15, 0.2) is 36.8 Å². The molecule has 7 heteroatoms. The normalized spacial score (nSPS) is 15.1. The van der Waals surface area contributed by atoms with E-state index in [0.717, 1.165) is 12.1 Å². The van der Waals surface area contributed by atoms with Crippen LogP contribution in [-0.2, 0) is 4.43 Å². The van der Waals surface area contributed by atoms with Crippen LogP contribution in [-0.4, -0.2) is 38.6 Å². The molecule has 2 N–H and O–H groups in total. The number of carbonyl (C=O) groups excluding carboxylic acids is 1. The van der Waals surface area contributed by atoms with Gasteiger partial charge in [0.25, 0.3) is 5.91 Å². The second kappa shape index (κ2) is 9.79. The summed E-state index contributed by atoms with van der Waals surface area (Å²) >= 11 is 0. The summed E-state index contributed by atoms with van der Waals surface area (Å²) in [5.41, 5.74) is 8.18. The van der Waals surface area contributed by atoms with E-state index in [-0.39, 0.29) is 17.6 Å². The maximum absolute atomic E-state index is 11.6. The van der Waals surface area contributed by atoms with E-state index in [4.69, 9.17) is 10.2 Å². The SMILES string of the molecule is C[C@H]([C@@H](CC(O[Si](C)C)c1ccccc1N(C)C)n1cnc(C(N)=O)c1)C(C)(C)C. The number of rotatable bonds is 9. The highest BCUT2D eigenvalue weighted by Crippen LogP contribution is 2.42. The third-order valence-electron chi connectivity index (χ3n) is 5.78. The predicted molar refractivity (Wildman–Crippen MR) is 125 cm³/mol. The molecule has 1 heterocycles. The molecule has 2 rings (SSSR count). The van der Waals surface area contributed by atoms with Crippen LogP contribution in [0.5, 0.6) is 0 Å². The Kier molecular flexibility index (Phi) is 7.88. The van der Waals surface area contributed by atoms with E-state index in [1.807, 2.05) is 4.57 Å². The van der Waals surface area contributed by atoms with Crippen molar-refractivity contribution in [1.29, 1.82) is 0 Å². The number of nitrogens with zero attached hydrogens (tertiary/aromatic N) is 3. The van der Waals surface area contributed by atoms with Crippen LogP contribution < -0.4 is 10.6 Å². The van der Waals surface area contributed by atoms with Gasteiger partial charge in [0.1, 0.15) is 5.69 Å². The molecule has 3 atom stereocenters. The molecule has 1 aromatic carbocycles. The highest BCUT2D eigenvalue weighted by molar-refractivity contribution is 6.48. The van der Waals surface area contributed by atoms with E-state index in [1.54, 1.807) is 12.5 Å². The molecule has 0 saturated carbocycles. The Morgan fingerprint density at radius 1 is 1.27 bits per heavy atom. The number of amides is 1. The van der Waals surface area contributed by atoms with Crippen LogP contribution in [0.2, 0.25) is 13.1 Å². The lowest BCUT2D eigenvalue weighted by atomic mass is 9.75. The van der Waals surface area contributed by atoms with E-state index in [9.17, 15) is 4.79 Å². The van der Waals surface area contributed by atoms with Gasteiger partial charge in [0.2, 0.25) is 9.04 Å². The largest absolute Gasteiger partial charge is 0.410 e. The number of nitrogens with two attached hydrogens (primary N) is 1. The lowest BCUT2D eigenvalue weighted by Crippen LogP contribution is -2.30. The molecule has 0 aliphatic carbocycles. The van der Waals surface area contributed by atoms with Crippen molar-refractivity contribution in [3.05, 3.63) is 48.0 Å². The molecule has 0 bridgehead atoms. The van der Waals surface area contributed by atoms with Gasteiger partial charge < -0.3 is 19.6 Å². The van der Waals surface area contributed by atoms with Gasteiger partial charge in [-0.1, -0.05) is 45.9 Å². The second-order valence-corrected chi connectivity index (χ2v) is 11.5. The molecule has 2 aromatic rings. The standard InChI is InChI=1S/C23H37N4O2Si/c1-16(23(2,3)4)20(27-14-18(22(24)28)25-15-27)13-21(29-30(7)8)17-11-9-10-12-19(17)26(5)6/h9-12,14-16,20-21H,13H2,1-8H3,(H2,24,28)/t16-,20-,21?/m1/s1. The molecule has 0 aliphatic rings. The molecular formula is C23H37N4O2Si. The molecular weight excluding hydrogens is 392 g/mol. The van der Waals surface area contributed by atoms with Gasteiger partial charge in [-0.3, -0.25) is 4.79 Å². The van der Waals surface area contributed by atoms with Gasteiger partial charge in [0.05, 0.1) is 12.4 Å². The van der Waals surface area contributed by atoms with Crippen LogP contribution >= 0.6 is 0 Å². The number of aromatic nitrogens is 2. The summed E-state index contributed by atoms with van der Waals surface area (Å²) in [5, 5.41) is 0. The summed E-state index contributed by atoms with van der Waals surface area (Å²) in [6, 6.07) is 8.53. The number of anilines is 1. The Hall–Kier alpha value is -2.12. The topological polar surface area (TPSA) is 73.4 Å². The quantitative estimate of drug-likeness (QED) is 0.588. The van der Waals surface area contributed by atoms with E-state index in [0.29, 0.717) is 11.6 Å². The average Bonchev–Trinajstić information content (AvgIpc) is 3.13. The van der Waals surface area contributed by atoms with Gasteiger partial charge in [0, 0.05) is 37.6 Å². The summed E-state index contributed by atoms with van der Waals surface area (Å²) in [5.74, 6) is -0.191. The fourth-order valence-electron chi connectivity index (χ4n) is 3.72. The molecule has 1 amide bonds. The summed E-state index contributed by atoms with van der Waals surface area (Å²) in [6.07, 6.45) is 4.23. The van der Waals surface area contributed by atoms with E-state index < -0.39 is 14.9 Å². The molecule has 165 valence electrons. The molecule has 6 nitrogen and oxygen atoms in total. The summed E-state index contributed by atoms with van der Waals surface area (Å²) in [7, 11) is 3.18. The molecule has 30 heavy (non-hydrogen) atoms. The Labute approximate surface area is 183 Å². The molecule has 0 saturated heterocycles. The van der Waals surface area contributed by atoms with Crippen molar-refractivity contribution in [3.8, 4) is 0 Å². The average molecular weight is 430 g/mol. The van der Waals surface area contributed by atoms with Gasteiger partial charge in [-0.05, 0) is 36.9 Å². The van der Waals surface area contributed by atoms with E-state index in [2.05, 4.69) is 89.0 Å². The van der Waals surface area contributed by atoms with Crippen molar-refractivity contribution in [1.82, 2.24) is 9.55 Å². The van der Waals surface area contributed by atoms with Gasteiger partial charge in [-0.25, -0.2) is 4.98 Å². The van der Waals surface area contributed by atoms with Crippen molar-refractivity contribution in [2.24, 2.45) is 17.1 Å². The first-order chi connectivity index (χ1) is 13.9. The zero-order valence-electron chi connectivity index (χ0n) is 19.6. The van der Waals surface area contributed by atoms with Gasteiger partial charge in [-0.2, -0.15) is 0 Å². The van der Waals surface area contributed by atoms with Crippen molar-refractivity contribution >= 4 is 20.6 Å². The van der Waals surface area contributed by atoms with Crippen LogP contribution in [0.3, 0.4) is 0 Å². The fraction of sp³-hybridized carbons (Fsp3) is 0.565. The highest BCUT2D eigenvalue weighted by atomic mass is 28.3. The Bertz CT molecular complexity index is 842. The Balaban J connectivity index is 2.51. The lowest BCUT2D eigenvalue weighted by Gasteiger charge is -2.38. The molecule has 0 aliphatic heterocycles. The highest BCUT2D eigenvalue weighted by Gasteiger charge is 2.33. The van der Waals surface area contributed by atoms with Gasteiger partial charge >= 0.3 is 0 Å². The predicted octanol–water partition coefficient (Wildman–Crippen LogP) is 4.67. The molecule has 1 radical (unpaired) electrons. The van der Waals surface area contributed by atoms with Crippen molar-refractivity contribution in [2.45, 2.75) is 59.4 Å². The maximum Gasteiger partial charge on any atom is 0.268 e. The monoisotopic (exact) mass is 429 g/mol. The Morgan fingerprint density at radius 2 is 1.90 bits per heavy atom. The van der Waals surface area contributed by atoms with Crippen molar-refractivity contribution < 1.29 is 9.22 Å². The number of hydrogen-bond acceptors (Lipinski definition) is 4. The van der Waals surface area contributed by atoms with Crippen molar-refractivity contribution in [2.75, 3.05) is 19.0 Å². The van der Waals surface area contributed by atoms with E-state index in [1.165, 1.54) is 5.56 Å². The first kappa shape index (κ1) is 24.1. The van der Waals surface area contributed by atoms with Crippen molar-refractivity contribution in [3.63, 3.8) is 0 Å². The minimum absolute atomic E-state index is 0.0540. The zero-order chi connectivity index (χ0) is 22.6. The van der Waals surface area contributed by atoms with E-state index >= 15 is 0 Å². The van der Waals surface area contributed by atoms with Gasteiger partial charge in [-0.15, -0.1) is 0 Å². The smallest absolute Gasteiger partial charge is 0.268 e. The maximum atomic E-state index is 11.6. The summed E-state index contributed by atoms with van der Waals surface area (Å²) < 4.78 is 8.59. The minimum atomic E-state index is -0.935. The lowest BCUT2D eigenvalue weighted by molar-refractivity contribution is 0.0995. The molecule has 1 unspecified atom stereocenters. The number of para-hydroxylation sites is 1. The number of imidazole rings is 1. The number of benzene rings is 1. The molecule has 0 fully saturated rings. The Morgan fingerprint density at radius 3 is 2.40 bits per heavy atom. The number of carbonyl (C=O) groups is 1.